The number of aromatic amines is 1. The number of hydrogen-bond acceptors (Lipinski definition) is 6. The van der Waals surface area contributed by atoms with Crippen LogP contribution >= 0.6 is 0 Å². The molecule has 1 fully saturated rings. The number of rotatable bonds is 3. The Morgan fingerprint density at radius 3 is 3.08 bits per heavy atom. The van der Waals surface area contributed by atoms with Crippen molar-refractivity contribution < 1.29 is 20.4 Å². The summed E-state index contributed by atoms with van der Waals surface area (Å²) in [7, 11) is 0. The van der Waals surface area contributed by atoms with Crippen molar-refractivity contribution >= 4 is 23.0 Å². The normalized spacial score (nSPS) is 27.5. The lowest BCUT2D eigenvalue weighted by Crippen LogP contribution is -2.47. The van der Waals surface area contributed by atoms with Gasteiger partial charge in [-0.2, -0.15) is 4.98 Å². The van der Waals surface area contributed by atoms with Crippen molar-refractivity contribution in [1.29, 1.82) is 0 Å². The molecule has 2 aromatic heterocycles. The molecule has 0 spiro atoms. The Kier molecular flexibility index (Phi) is 4.22. The number of carbonyl (C=O) groups is 1. The summed E-state index contributed by atoms with van der Waals surface area (Å²) >= 11 is 0. The van der Waals surface area contributed by atoms with E-state index < -0.39 is 30.0 Å². The Morgan fingerprint density at radius 2 is 2.40 bits per heavy atom. The van der Waals surface area contributed by atoms with Crippen LogP contribution in [0, 0.1) is 5.92 Å². The predicted molar refractivity (Wildman–Crippen MR) is 87.0 cm³/mol. The van der Waals surface area contributed by atoms with Crippen LogP contribution in [0.5, 0.6) is 0 Å². The quantitative estimate of drug-likeness (QED) is 0.732. The number of nitrogens with one attached hydrogen (secondary N) is 2. The summed E-state index contributed by atoms with van der Waals surface area (Å²) in [5.74, 6) is -0.726. The second-order valence-electron chi connectivity index (χ2n) is 6.26. The number of amides is 1. The Morgan fingerprint density at radius 1 is 1.64 bits per heavy atom. The number of ether oxygens (including phenoxy) is 1. The summed E-state index contributed by atoms with van der Waals surface area (Å²) in [6.45, 7) is 3.01. The molecule has 0 aromatic carbocycles. The van der Waals surface area contributed by atoms with Crippen molar-refractivity contribution in [2.45, 2.75) is 45.2 Å². The van der Waals surface area contributed by atoms with Gasteiger partial charge in [0.05, 0.1) is 25.1 Å². The van der Waals surface area contributed by atoms with Crippen LogP contribution in [0.3, 0.4) is 0 Å². The number of H-pyrrole nitrogens is 1. The first-order valence-corrected chi connectivity index (χ1v) is 7.84. The molecule has 0 saturated carbocycles. The van der Waals surface area contributed by atoms with Crippen LogP contribution in [-0.4, -0.2) is 55.5 Å². The number of nitrogens with zero attached hydrogens (tertiary/aromatic N) is 3. The minimum absolute atomic E-state index is 0.0168. The molecule has 9 nitrogen and oxygen atoms in total. The van der Waals surface area contributed by atoms with Crippen LogP contribution in [0.1, 0.15) is 28.2 Å². The fourth-order valence-electron chi connectivity index (χ4n) is 2.57. The topological polar surface area (TPSA) is 122 Å². The lowest BCUT2D eigenvalue weighted by Gasteiger charge is -2.35. The zero-order valence-corrected chi connectivity index (χ0v) is 13.8. The first-order valence-electron chi connectivity index (χ1n) is 8.55. The largest absolute Gasteiger partial charge is 0.387 e. The van der Waals surface area contributed by atoms with E-state index in [1.165, 1.54) is 10.9 Å². The molecule has 3 heterocycles. The number of aromatic nitrogens is 4. The van der Waals surface area contributed by atoms with E-state index in [1.54, 1.807) is 13.8 Å². The average molecular weight is 354 g/mol. The lowest BCUT2D eigenvalue weighted by molar-refractivity contribution is -0.127. The summed E-state index contributed by atoms with van der Waals surface area (Å²) in [5.41, 5.74) is -0.526. The van der Waals surface area contributed by atoms with Crippen LogP contribution in [0.2, 0.25) is 0 Å². The van der Waals surface area contributed by atoms with Gasteiger partial charge < -0.3 is 14.4 Å². The fraction of sp³-hybridized carbons (Fsp3) is 0.600. The molecule has 4 atom stereocenters. The Bertz CT molecular complexity index is 869. The van der Waals surface area contributed by atoms with Crippen LogP contribution < -0.4 is 10.9 Å². The molecule has 0 bridgehead atoms. The molecule has 136 valence electrons. The molecular weight excluding hydrogens is 333 g/mol. The lowest BCUT2D eigenvalue weighted by atomic mass is 10.0. The third-order valence-corrected chi connectivity index (χ3v) is 4.11. The van der Waals surface area contributed by atoms with Gasteiger partial charge in [-0.05, 0) is 6.90 Å². The van der Waals surface area contributed by atoms with Gasteiger partial charge in [0.15, 0.2) is 17.3 Å². The van der Waals surface area contributed by atoms with E-state index in [9.17, 15) is 19.1 Å². The number of halogens is 1. The smallest absolute Gasteiger partial charge is 0.280 e. The molecule has 25 heavy (non-hydrogen) atoms. The van der Waals surface area contributed by atoms with Gasteiger partial charge in [0.25, 0.3) is 5.56 Å². The van der Waals surface area contributed by atoms with Crippen LogP contribution in [0.25, 0.3) is 11.2 Å². The number of imidazole rings is 1. The number of aliphatic hydroxyl groups excluding tert-OH is 1. The predicted octanol–water partition coefficient (Wildman–Crippen LogP) is 0.373. The SMILES string of the molecule is [2H]C[C@H]1OC[C@@H](n2cnc3c(=O)[nH]c(NC(=O)C(C)C)nc32)[C@H](F)C1O. The highest BCUT2D eigenvalue weighted by atomic mass is 19.1. The summed E-state index contributed by atoms with van der Waals surface area (Å²) in [6.07, 6.45) is -2.85. The minimum Gasteiger partial charge on any atom is -0.387 e. The minimum atomic E-state index is -1.72. The fourth-order valence-corrected chi connectivity index (χ4v) is 2.57. The molecule has 3 N–H and O–H groups in total. The van der Waals surface area contributed by atoms with E-state index in [1.807, 2.05) is 0 Å². The van der Waals surface area contributed by atoms with Gasteiger partial charge in [-0.3, -0.25) is 19.9 Å². The van der Waals surface area contributed by atoms with Gasteiger partial charge in [-0.1, -0.05) is 13.8 Å². The average Bonchev–Trinajstić information content (AvgIpc) is 3.01. The zero-order valence-electron chi connectivity index (χ0n) is 14.8. The van der Waals surface area contributed by atoms with Gasteiger partial charge in [0.2, 0.25) is 11.9 Å². The van der Waals surface area contributed by atoms with E-state index in [2.05, 4.69) is 20.3 Å². The number of hydrogen-bond donors (Lipinski definition) is 3. The molecule has 1 aliphatic heterocycles. The monoisotopic (exact) mass is 354 g/mol. The highest BCUT2D eigenvalue weighted by Gasteiger charge is 2.39. The molecule has 0 radical (unpaired) electrons. The van der Waals surface area contributed by atoms with E-state index in [4.69, 9.17) is 6.11 Å². The van der Waals surface area contributed by atoms with Crippen molar-refractivity contribution in [3.8, 4) is 0 Å². The summed E-state index contributed by atoms with van der Waals surface area (Å²) < 4.78 is 28.6. The molecule has 1 saturated heterocycles. The maximum atomic E-state index is 14.6. The van der Waals surface area contributed by atoms with E-state index in [0.29, 0.717) is 0 Å². The molecule has 1 amide bonds. The van der Waals surface area contributed by atoms with Crippen LogP contribution in [0.4, 0.5) is 10.3 Å². The Labute approximate surface area is 143 Å². The van der Waals surface area contributed by atoms with E-state index >= 15 is 0 Å². The molecule has 3 rings (SSSR count). The van der Waals surface area contributed by atoms with Crippen molar-refractivity contribution in [1.82, 2.24) is 19.5 Å². The summed E-state index contributed by atoms with van der Waals surface area (Å²) in [5, 5.41) is 12.5. The van der Waals surface area contributed by atoms with Crippen LogP contribution in [-0.2, 0) is 9.53 Å². The van der Waals surface area contributed by atoms with Gasteiger partial charge >= 0.3 is 0 Å². The Hall–Kier alpha value is -2.33. The number of carbonyl (C=O) groups excluding carboxylic acids is 1. The van der Waals surface area contributed by atoms with Crippen molar-refractivity contribution in [3.05, 3.63) is 16.7 Å². The summed E-state index contributed by atoms with van der Waals surface area (Å²) in [6, 6.07) is -0.958. The maximum Gasteiger partial charge on any atom is 0.280 e. The van der Waals surface area contributed by atoms with Gasteiger partial charge in [-0.15, -0.1) is 0 Å². The standard InChI is InChI=1S/C15H20FN5O4/c1-6(2)13(23)19-15-18-12-10(14(24)20-15)17-5-21(12)8-4-25-7(3)11(22)9(8)16/h5-9,11,22H,4H2,1-3H3,(H2,18,19,20,23,24)/t7-,8-,9+,11?/m1/s1/i3D. The first-order chi connectivity index (χ1) is 12.3. The van der Waals surface area contributed by atoms with Gasteiger partial charge in [0, 0.05) is 7.29 Å². The third kappa shape index (κ3) is 3.14. The van der Waals surface area contributed by atoms with Crippen LogP contribution in [0.15, 0.2) is 11.1 Å². The van der Waals surface area contributed by atoms with Crippen molar-refractivity contribution in [3.63, 3.8) is 0 Å². The summed E-state index contributed by atoms with van der Waals surface area (Å²) in [4.78, 5) is 34.5. The highest BCUT2D eigenvalue weighted by molar-refractivity contribution is 5.91. The number of aliphatic hydroxyl groups is 1. The molecule has 1 aliphatic rings. The number of fused-ring (bicyclic) bond motifs is 1. The number of anilines is 1. The molecule has 10 heteroatoms. The zero-order chi connectivity index (χ0) is 19.0. The molecule has 2 aromatic rings. The third-order valence-electron chi connectivity index (χ3n) is 4.11. The van der Waals surface area contributed by atoms with Gasteiger partial charge in [-0.25, -0.2) is 9.37 Å². The number of alkyl halides is 1. The van der Waals surface area contributed by atoms with Gasteiger partial charge in [0.1, 0.15) is 6.10 Å². The molecular formula is C15H20FN5O4. The van der Waals surface area contributed by atoms with E-state index in [-0.39, 0.29) is 42.4 Å². The highest BCUT2D eigenvalue weighted by Crippen LogP contribution is 2.29. The second kappa shape index (κ2) is 6.52. The first kappa shape index (κ1) is 16.2. The second-order valence-corrected chi connectivity index (χ2v) is 6.26. The van der Waals surface area contributed by atoms with E-state index in [0.717, 1.165) is 0 Å². The Balaban J connectivity index is 1.98. The maximum absolute atomic E-state index is 14.6. The van der Waals surface area contributed by atoms with Crippen molar-refractivity contribution in [2.75, 3.05) is 11.9 Å². The molecule has 1 unspecified atom stereocenters. The molecule has 0 aliphatic carbocycles. The van der Waals surface area contributed by atoms with Crippen molar-refractivity contribution in [2.24, 2.45) is 5.92 Å².